The largest absolute Gasteiger partial charge is 0.312 e. The van der Waals surface area contributed by atoms with Crippen molar-refractivity contribution in [3.05, 3.63) is 86.2 Å². The molecule has 1 aliphatic heterocycles. The number of rotatable bonds is 4. The summed E-state index contributed by atoms with van der Waals surface area (Å²) in [6.07, 6.45) is 0.254. The van der Waals surface area contributed by atoms with Gasteiger partial charge in [0.25, 0.3) is 5.56 Å². The van der Waals surface area contributed by atoms with Crippen molar-refractivity contribution < 1.29 is 4.79 Å². The molecule has 2 aromatic carbocycles. The summed E-state index contributed by atoms with van der Waals surface area (Å²) < 4.78 is 1.84. The third-order valence-electron chi connectivity index (χ3n) is 5.73. The summed E-state index contributed by atoms with van der Waals surface area (Å²) in [4.78, 5) is 30.1. The highest BCUT2D eigenvalue weighted by atomic mass is 32.2. The van der Waals surface area contributed by atoms with E-state index in [0.29, 0.717) is 22.3 Å². The molecule has 2 heterocycles. The zero-order valence-electron chi connectivity index (χ0n) is 17.7. The number of hydrogen-bond acceptors (Lipinski definition) is 4. The lowest BCUT2D eigenvalue weighted by Crippen LogP contribution is -2.33. The molecule has 0 unspecified atom stereocenters. The fourth-order valence-corrected chi connectivity index (χ4v) is 5.02. The van der Waals surface area contributed by atoms with Gasteiger partial charge < -0.3 is 9.88 Å². The number of aromatic nitrogens is 2. The number of nitrogens with one attached hydrogen (secondary N) is 1. The van der Waals surface area contributed by atoms with Gasteiger partial charge in [0.2, 0.25) is 5.91 Å². The minimum atomic E-state index is -0.282. The maximum atomic E-state index is 13.1. The van der Waals surface area contributed by atoms with Crippen LogP contribution in [0.1, 0.15) is 45.7 Å². The first-order valence-corrected chi connectivity index (χ1v) is 11.0. The van der Waals surface area contributed by atoms with Crippen LogP contribution in [-0.4, -0.2) is 15.5 Å². The molecule has 1 aromatic heterocycles. The van der Waals surface area contributed by atoms with E-state index in [2.05, 4.69) is 35.4 Å². The van der Waals surface area contributed by atoms with Crippen molar-refractivity contribution in [1.29, 1.82) is 0 Å². The molecule has 0 bridgehead atoms. The minimum Gasteiger partial charge on any atom is -0.312 e. The molecule has 0 radical (unpaired) electrons. The molecular weight excluding hydrogens is 394 g/mol. The van der Waals surface area contributed by atoms with E-state index < -0.39 is 0 Å². The maximum absolute atomic E-state index is 13.1. The molecule has 1 amide bonds. The van der Waals surface area contributed by atoms with Crippen molar-refractivity contribution in [1.82, 2.24) is 9.55 Å². The molecule has 0 spiro atoms. The minimum absolute atomic E-state index is 0.0792. The van der Waals surface area contributed by atoms with E-state index in [1.54, 1.807) is 0 Å². The second-order valence-corrected chi connectivity index (χ2v) is 8.84. The van der Waals surface area contributed by atoms with Crippen LogP contribution in [0.3, 0.4) is 0 Å². The topological polar surface area (TPSA) is 64.0 Å². The second-order valence-electron chi connectivity index (χ2n) is 7.90. The molecule has 0 saturated carbocycles. The number of amides is 1. The molecule has 4 rings (SSSR count). The standard InChI is InChI=1S/C24H25N3O2S/c1-14-9-10-16(3)18(11-14)19-12-20(28)25-22-21(19)23(29)26-24(27(22)4)30-13-17-8-6-5-7-15(17)2/h5-11,19H,12-13H2,1-4H3,(H,25,28)/t19-/m0/s1. The van der Waals surface area contributed by atoms with Gasteiger partial charge in [-0.1, -0.05) is 59.8 Å². The summed E-state index contributed by atoms with van der Waals surface area (Å²) in [5.74, 6) is 0.907. The van der Waals surface area contributed by atoms with Gasteiger partial charge in [-0.2, -0.15) is 4.98 Å². The summed E-state index contributed by atoms with van der Waals surface area (Å²) in [5, 5.41) is 3.52. The van der Waals surface area contributed by atoms with Gasteiger partial charge in [0.05, 0.1) is 5.56 Å². The predicted octanol–water partition coefficient (Wildman–Crippen LogP) is 4.47. The van der Waals surface area contributed by atoms with E-state index >= 15 is 0 Å². The number of nitrogens with zero attached hydrogens (tertiary/aromatic N) is 2. The van der Waals surface area contributed by atoms with Gasteiger partial charge in [0.1, 0.15) is 5.82 Å². The summed E-state index contributed by atoms with van der Waals surface area (Å²) in [7, 11) is 1.86. The molecule has 1 aliphatic rings. The zero-order chi connectivity index (χ0) is 21.4. The summed E-state index contributed by atoms with van der Waals surface area (Å²) >= 11 is 1.51. The van der Waals surface area contributed by atoms with Crippen LogP contribution in [0, 0.1) is 20.8 Å². The van der Waals surface area contributed by atoms with Crippen molar-refractivity contribution in [3.8, 4) is 0 Å². The molecule has 154 valence electrons. The number of thioether (sulfide) groups is 1. The third-order valence-corrected chi connectivity index (χ3v) is 6.81. The molecule has 30 heavy (non-hydrogen) atoms. The van der Waals surface area contributed by atoms with Crippen LogP contribution in [-0.2, 0) is 17.6 Å². The first kappa shape index (κ1) is 20.4. The number of carbonyl (C=O) groups excluding carboxylic acids is 1. The molecule has 0 fully saturated rings. The van der Waals surface area contributed by atoms with Crippen LogP contribution < -0.4 is 10.9 Å². The van der Waals surface area contributed by atoms with E-state index in [-0.39, 0.29) is 23.8 Å². The molecule has 3 aromatic rings. The first-order valence-electron chi connectivity index (χ1n) is 10.0. The van der Waals surface area contributed by atoms with Crippen molar-refractivity contribution >= 4 is 23.5 Å². The Hall–Kier alpha value is -2.86. The third kappa shape index (κ3) is 3.79. The van der Waals surface area contributed by atoms with Gasteiger partial charge in [0.15, 0.2) is 5.16 Å². The Bertz CT molecular complexity index is 1200. The van der Waals surface area contributed by atoms with E-state index in [1.165, 1.54) is 22.9 Å². The number of hydrogen-bond donors (Lipinski definition) is 1. The highest BCUT2D eigenvalue weighted by molar-refractivity contribution is 7.98. The molecule has 6 heteroatoms. The van der Waals surface area contributed by atoms with Crippen molar-refractivity contribution in [2.45, 2.75) is 44.0 Å². The van der Waals surface area contributed by atoms with Crippen LogP contribution in [0.15, 0.2) is 52.4 Å². The molecular formula is C24H25N3O2S. The molecule has 1 atom stereocenters. The first-order chi connectivity index (χ1) is 14.3. The summed E-state index contributed by atoms with van der Waals surface area (Å²) in [6, 6.07) is 14.3. The Labute approximate surface area is 180 Å². The maximum Gasteiger partial charge on any atom is 0.279 e. The van der Waals surface area contributed by atoms with E-state index in [4.69, 9.17) is 0 Å². The van der Waals surface area contributed by atoms with Gasteiger partial charge in [-0.25, -0.2) is 0 Å². The molecule has 5 nitrogen and oxygen atoms in total. The van der Waals surface area contributed by atoms with Gasteiger partial charge in [-0.3, -0.25) is 9.59 Å². The number of carbonyl (C=O) groups is 1. The predicted molar refractivity (Wildman–Crippen MR) is 121 cm³/mol. The van der Waals surface area contributed by atoms with Gasteiger partial charge in [-0.05, 0) is 43.0 Å². The average molecular weight is 420 g/mol. The molecule has 0 saturated heterocycles. The lowest BCUT2D eigenvalue weighted by atomic mass is 9.84. The van der Waals surface area contributed by atoms with Crippen LogP contribution in [0.5, 0.6) is 0 Å². The Kier molecular flexibility index (Phi) is 5.52. The number of anilines is 1. The molecule has 0 aliphatic carbocycles. The van der Waals surface area contributed by atoms with Gasteiger partial charge in [0, 0.05) is 25.1 Å². The van der Waals surface area contributed by atoms with E-state index in [0.717, 1.165) is 16.7 Å². The van der Waals surface area contributed by atoms with Crippen LogP contribution in [0.4, 0.5) is 5.82 Å². The number of benzene rings is 2. The van der Waals surface area contributed by atoms with Crippen LogP contribution in [0.25, 0.3) is 0 Å². The lowest BCUT2D eigenvalue weighted by molar-refractivity contribution is -0.116. The summed E-state index contributed by atoms with van der Waals surface area (Å²) in [6.45, 7) is 6.11. The highest BCUT2D eigenvalue weighted by Gasteiger charge is 2.32. The van der Waals surface area contributed by atoms with Crippen LogP contribution >= 0.6 is 11.8 Å². The summed E-state index contributed by atoms with van der Waals surface area (Å²) in [5.41, 5.74) is 5.92. The Balaban J connectivity index is 1.76. The lowest BCUT2D eigenvalue weighted by Gasteiger charge is -2.28. The fraction of sp³-hybridized carbons (Fsp3) is 0.292. The second kappa shape index (κ2) is 8.11. The Morgan fingerprint density at radius 2 is 1.87 bits per heavy atom. The smallest absolute Gasteiger partial charge is 0.279 e. The van der Waals surface area contributed by atoms with Gasteiger partial charge >= 0.3 is 0 Å². The number of aryl methyl sites for hydroxylation is 3. The zero-order valence-corrected chi connectivity index (χ0v) is 18.5. The fourth-order valence-electron chi connectivity index (χ4n) is 3.98. The van der Waals surface area contributed by atoms with Crippen molar-refractivity contribution in [3.63, 3.8) is 0 Å². The Morgan fingerprint density at radius 1 is 1.10 bits per heavy atom. The van der Waals surface area contributed by atoms with Crippen molar-refractivity contribution in [2.75, 3.05) is 5.32 Å². The van der Waals surface area contributed by atoms with Crippen LogP contribution in [0.2, 0.25) is 0 Å². The molecule has 1 N–H and O–H groups in total. The quantitative estimate of drug-likeness (QED) is 0.501. The van der Waals surface area contributed by atoms with E-state index in [9.17, 15) is 9.59 Å². The van der Waals surface area contributed by atoms with Crippen molar-refractivity contribution in [2.24, 2.45) is 7.05 Å². The Morgan fingerprint density at radius 3 is 2.63 bits per heavy atom. The SMILES string of the molecule is Cc1ccc(C)c([C@@H]2CC(=O)Nc3c2c(=O)nc(SCc2ccccc2C)n3C)c1. The normalized spacial score (nSPS) is 15.6. The highest BCUT2D eigenvalue weighted by Crippen LogP contribution is 2.37. The number of fused-ring (bicyclic) bond motifs is 1. The van der Waals surface area contributed by atoms with E-state index in [1.807, 2.05) is 49.7 Å². The average Bonchev–Trinajstić information content (AvgIpc) is 2.71. The monoisotopic (exact) mass is 419 g/mol. The van der Waals surface area contributed by atoms with Gasteiger partial charge in [-0.15, -0.1) is 0 Å².